The zero-order valence-corrected chi connectivity index (χ0v) is 12.3. The first-order valence-electron chi connectivity index (χ1n) is 7.01. The van der Waals surface area contributed by atoms with E-state index in [2.05, 4.69) is 4.90 Å². The van der Waals surface area contributed by atoms with Gasteiger partial charge in [-0.3, -0.25) is 0 Å². The number of aliphatic hydroxyl groups is 1. The number of nitrogen functional groups attached to an aromatic ring is 1. The van der Waals surface area contributed by atoms with Crippen molar-refractivity contribution in [3.05, 3.63) is 17.9 Å². The first kappa shape index (κ1) is 14.9. The third-order valence-electron chi connectivity index (χ3n) is 3.63. The van der Waals surface area contributed by atoms with Crippen LogP contribution < -0.4 is 15.4 Å². The van der Waals surface area contributed by atoms with Crippen molar-refractivity contribution in [1.82, 2.24) is 0 Å². The van der Waals surface area contributed by atoms with Crippen LogP contribution in [0.5, 0.6) is 5.75 Å². The summed E-state index contributed by atoms with van der Waals surface area (Å²) in [6.45, 7) is 6.95. The molecule has 4 nitrogen and oxygen atoms in total. The van der Waals surface area contributed by atoms with E-state index in [-0.39, 0.29) is 11.9 Å². The van der Waals surface area contributed by atoms with Gasteiger partial charge >= 0.3 is 0 Å². The molecule has 20 heavy (non-hydrogen) atoms. The van der Waals surface area contributed by atoms with E-state index in [4.69, 9.17) is 10.5 Å². The highest BCUT2D eigenvalue weighted by molar-refractivity contribution is 5.70. The lowest BCUT2D eigenvalue weighted by atomic mass is 9.93. The molecule has 112 valence electrons. The summed E-state index contributed by atoms with van der Waals surface area (Å²) >= 11 is 0. The molecule has 1 heterocycles. The Bertz CT molecular complexity index is 479. The van der Waals surface area contributed by atoms with Crippen molar-refractivity contribution in [2.75, 3.05) is 23.7 Å². The number of benzene rings is 1. The van der Waals surface area contributed by atoms with Gasteiger partial charge in [0.15, 0.2) is 11.6 Å². The van der Waals surface area contributed by atoms with Crippen molar-refractivity contribution in [2.24, 2.45) is 0 Å². The van der Waals surface area contributed by atoms with Crippen molar-refractivity contribution in [1.29, 1.82) is 0 Å². The second-order valence-electron chi connectivity index (χ2n) is 5.99. The molecule has 2 rings (SSSR count). The van der Waals surface area contributed by atoms with E-state index >= 15 is 0 Å². The Kier molecular flexibility index (Phi) is 4.09. The van der Waals surface area contributed by atoms with E-state index in [1.54, 1.807) is 6.07 Å². The van der Waals surface area contributed by atoms with Crippen LogP contribution in [0.1, 0.15) is 33.6 Å². The summed E-state index contributed by atoms with van der Waals surface area (Å²) in [5, 5.41) is 9.98. The highest BCUT2D eigenvalue weighted by Gasteiger charge is 2.28. The fourth-order valence-corrected chi connectivity index (χ4v) is 2.41. The minimum absolute atomic E-state index is 0.0944. The van der Waals surface area contributed by atoms with Gasteiger partial charge in [-0.15, -0.1) is 0 Å². The second-order valence-corrected chi connectivity index (χ2v) is 5.99. The molecule has 0 saturated carbocycles. The van der Waals surface area contributed by atoms with Crippen molar-refractivity contribution in [2.45, 2.75) is 45.3 Å². The van der Waals surface area contributed by atoms with Crippen LogP contribution in [0.3, 0.4) is 0 Å². The van der Waals surface area contributed by atoms with Gasteiger partial charge < -0.3 is 20.5 Å². The maximum Gasteiger partial charge on any atom is 0.167 e. The van der Waals surface area contributed by atoms with Gasteiger partial charge in [-0.1, -0.05) is 0 Å². The smallest absolute Gasteiger partial charge is 0.167 e. The topological polar surface area (TPSA) is 58.7 Å². The Morgan fingerprint density at radius 2 is 1.95 bits per heavy atom. The fraction of sp³-hybridized carbons (Fsp3) is 0.600. The molecule has 0 aliphatic carbocycles. The summed E-state index contributed by atoms with van der Waals surface area (Å²) in [6.07, 6.45) is 1.25. The lowest BCUT2D eigenvalue weighted by Gasteiger charge is -2.37. The molecule has 1 aromatic rings. The Morgan fingerprint density at radius 3 is 2.50 bits per heavy atom. The van der Waals surface area contributed by atoms with Crippen LogP contribution in [-0.2, 0) is 0 Å². The predicted octanol–water partition coefficient (Wildman–Crippen LogP) is 2.55. The van der Waals surface area contributed by atoms with Crippen LogP contribution in [0.15, 0.2) is 12.1 Å². The molecule has 0 unspecified atom stereocenters. The molecular formula is C15H23FN2O2. The normalized spacial score (nSPS) is 18.4. The zero-order chi connectivity index (χ0) is 14.9. The summed E-state index contributed by atoms with van der Waals surface area (Å²) in [6, 6.07) is 2.96. The van der Waals surface area contributed by atoms with Crippen LogP contribution in [-0.4, -0.2) is 29.9 Å². The molecule has 1 saturated heterocycles. The van der Waals surface area contributed by atoms with E-state index in [1.807, 2.05) is 20.8 Å². The number of nitrogens with two attached hydrogens (primary N) is 1. The summed E-state index contributed by atoms with van der Waals surface area (Å²) in [5.41, 5.74) is 6.48. The van der Waals surface area contributed by atoms with Crippen molar-refractivity contribution < 1.29 is 14.2 Å². The molecule has 0 bridgehead atoms. The molecule has 1 aliphatic heterocycles. The highest BCUT2D eigenvalue weighted by Crippen LogP contribution is 2.34. The zero-order valence-electron chi connectivity index (χ0n) is 12.3. The molecule has 0 atom stereocenters. The number of halogens is 1. The molecule has 1 aromatic carbocycles. The predicted molar refractivity (Wildman–Crippen MR) is 78.6 cm³/mol. The first-order valence-corrected chi connectivity index (χ1v) is 7.01. The van der Waals surface area contributed by atoms with Gasteiger partial charge in [-0.2, -0.15) is 0 Å². The first-order chi connectivity index (χ1) is 9.28. The molecule has 1 aliphatic rings. The van der Waals surface area contributed by atoms with E-state index < -0.39 is 11.4 Å². The van der Waals surface area contributed by atoms with Crippen molar-refractivity contribution >= 4 is 11.4 Å². The Morgan fingerprint density at radius 1 is 1.35 bits per heavy atom. The van der Waals surface area contributed by atoms with E-state index in [0.29, 0.717) is 31.6 Å². The minimum atomic E-state index is -0.622. The van der Waals surface area contributed by atoms with Crippen LogP contribution in [0.25, 0.3) is 0 Å². The van der Waals surface area contributed by atoms with Crippen molar-refractivity contribution in [3.8, 4) is 5.75 Å². The largest absolute Gasteiger partial charge is 0.488 e. The SMILES string of the molecule is CC(C)Oc1cc(N2CCC(C)(O)CC2)c(N)cc1F. The van der Waals surface area contributed by atoms with E-state index in [9.17, 15) is 9.50 Å². The van der Waals surface area contributed by atoms with E-state index in [1.165, 1.54) is 6.07 Å². The molecule has 0 aromatic heterocycles. The lowest BCUT2D eigenvalue weighted by molar-refractivity contribution is 0.0351. The molecule has 3 N–H and O–H groups in total. The Balaban J connectivity index is 2.23. The van der Waals surface area contributed by atoms with Gasteiger partial charge in [0.1, 0.15) is 0 Å². The third-order valence-corrected chi connectivity index (χ3v) is 3.63. The summed E-state index contributed by atoms with van der Waals surface area (Å²) in [5.74, 6) is -0.217. The van der Waals surface area contributed by atoms with Crippen LogP contribution in [0.4, 0.5) is 15.8 Å². The summed E-state index contributed by atoms with van der Waals surface area (Å²) < 4.78 is 19.3. The average Bonchev–Trinajstić information content (AvgIpc) is 2.33. The lowest BCUT2D eigenvalue weighted by Crippen LogP contribution is -2.42. The summed E-state index contributed by atoms with van der Waals surface area (Å²) in [7, 11) is 0. The monoisotopic (exact) mass is 282 g/mol. The number of hydrogen-bond donors (Lipinski definition) is 2. The number of rotatable bonds is 3. The van der Waals surface area contributed by atoms with Gasteiger partial charge in [0, 0.05) is 25.2 Å². The molecule has 1 fully saturated rings. The third kappa shape index (κ3) is 3.33. The van der Waals surface area contributed by atoms with Gasteiger partial charge in [0.2, 0.25) is 0 Å². The molecule has 0 radical (unpaired) electrons. The standard InChI is InChI=1S/C15H23FN2O2/c1-10(2)20-14-9-13(12(17)8-11(14)16)18-6-4-15(3,19)5-7-18/h8-10,19H,4-7,17H2,1-3H3. The fourth-order valence-electron chi connectivity index (χ4n) is 2.41. The van der Waals surface area contributed by atoms with Gasteiger partial charge in [-0.25, -0.2) is 4.39 Å². The molecule has 0 amide bonds. The molecular weight excluding hydrogens is 259 g/mol. The Hall–Kier alpha value is -1.49. The summed E-state index contributed by atoms with van der Waals surface area (Å²) in [4.78, 5) is 2.07. The maximum absolute atomic E-state index is 13.8. The Labute approximate surface area is 119 Å². The van der Waals surface area contributed by atoms with Crippen LogP contribution in [0.2, 0.25) is 0 Å². The average molecular weight is 282 g/mol. The number of nitrogens with zero attached hydrogens (tertiary/aromatic N) is 1. The minimum Gasteiger partial charge on any atom is -0.488 e. The maximum atomic E-state index is 13.8. The second kappa shape index (κ2) is 5.48. The van der Waals surface area contributed by atoms with Gasteiger partial charge in [0.05, 0.1) is 23.1 Å². The molecule has 0 spiro atoms. The van der Waals surface area contributed by atoms with Crippen LogP contribution >= 0.6 is 0 Å². The van der Waals surface area contributed by atoms with Crippen LogP contribution in [0, 0.1) is 5.82 Å². The molecule has 5 heteroatoms. The quantitative estimate of drug-likeness (QED) is 0.837. The number of hydrogen-bond acceptors (Lipinski definition) is 4. The van der Waals surface area contributed by atoms with E-state index in [0.717, 1.165) is 5.69 Å². The number of piperidine rings is 1. The van der Waals surface area contributed by atoms with Gasteiger partial charge in [-0.05, 0) is 33.6 Å². The van der Waals surface area contributed by atoms with Gasteiger partial charge in [0.25, 0.3) is 0 Å². The number of ether oxygens (including phenoxy) is 1. The number of anilines is 2. The van der Waals surface area contributed by atoms with Crippen molar-refractivity contribution in [3.63, 3.8) is 0 Å². The highest BCUT2D eigenvalue weighted by atomic mass is 19.1.